The summed E-state index contributed by atoms with van der Waals surface area (Å²) in [5.41, 5.74) is 2.30. The summed E-state index contributed by atoms with van der Waals surface area (Å²) in [5.74, 6) is 1.78. The Morgan fingerprint density at radius 1 is 1.00 bits per heavy atom. The van der Waals surface area contributed by atoms with Crippen LogP contribution in [0, 0.1) is 0 Å². The van der Waals surface area contributed by atoms with Crippen molar-refractivity contribution in [2.45, 2.75) is 6.61 Å². The summed E-state index contributed by atoms with van der Waals surface area (Å²) in [6, 6.07) is 20.1. The largest absolute Gasteiger partial charge is 0.488 e. The second-order valence-electron chi connectivity index (χ2n) is 7.02. The molecular weight excluding hydrogens is 494 g/mol. The summed E-state index contributed by atoms with van der Waals surface area (Å²) in [4.78, 5) is 26.7. The molecule has 0 atom stereocenters. The molecule has 2 aliphatic rings. The van der Waals surface area contributed by atoms with E-state index in [4.69, 9.17) is 14.2 Å². The van der Waals surface area contributed by atoms with E-state index in [0.29, 0.717) is 28.7 Å². The van der Waals surface area contributed by atoms with Crippen molar-refractivity contribution in [1.82, 2.24) is 0 Å². The Labute approximate surface area is 196 Å². The number of para-hydroxylation sites is 1. The molecule has 2 heterocycles. The molecule has 0 spiro atoms. The minimum absolute atomic E-state index is 0.234. The maximum absolute atomic E-state index is 12.8. The minimum Gasteiger partial charge on any atom is -0.488 e. The number of hydrogen-bond donors (Lipinski definition) is 0. The van der Waals surface area contributed by atoms with Gasteiger partial charge in [0, 0.05) is 0 Å². The molecular formula is C24H16BrNO5S. The number of ether oxygens (including phenoxy) is 3. The SMILES string of the molecule is O=C1S/C(=C\c2ccc(OCc3ccc4c(c3)OCO4)c(Br)c2)C(=O)N1c1ccccc1. The lowest BCUT2D eigenvalue weighted by Gasteiger charge is -2.11. The van der Waals surface area contributed by atoms with Crippen LogP contribution >= 0.6 is 27.7 Å². The lowest BCUT2D eigenvalue weighted by molar-refractivity contribution is -0.113. The van der Waals surface area contributed by atoms with Crippen LogP contribution in [0.1, 0.15) is 11.1 Å². The molecule has 6 nitrogen and oxygen atoms in total. The van der Waals surface area contributed by atoms with E-state index in [-0.39, 0.29) is 17.9 Å². The number of carbonyl (C=O) groups is 2. The second-order valence-corrected chi connectivity index (χ2v) is 8.87. The molecule has 0 unspecified atom stereocenters. The van der Waals surface area contributed by atoms with E-state index in [0.717, 1.165) is 33.1 Å². The average Bonchev–Trinajstić information content (AvgIpc) is 3.37. The van der Waals surface area contributed by atoms with Gasteiger partial charge in [-0.15, -0.1) is 0 Å². The average molecular weight is 510 g/mol. The number of amides is 2. The molecule has 8 heteroatoms. The Morgan fingerprint density at radius 3 is 2.62 bits per heavy atom. The van der Waals surface area contributed by atoms with Crippen molar-refractivity contribution in [3.8, 4) is 17.2 Å². The van der Waals surface area contributed by atoms with Crippen molar-refractivity contribution in [3.63, 3.8) is 0 Å². The first kappa shape index (κ1) is 20.7. The van der Waals surface area contributed by atoms with Gasteiger partial charge >= 0.3 is 0 Å². The van der Waals surface area contributed by atoms with Crippen LogP contribution in [0.25, 0.3) is 6.08 Å². The molecule has 0 radical (unpaired) electrons. The number of imide groups is 1. The zero-order valence-electron chi connectivity index (χ0n) is 16.6. The van der Waals surface area contributed by atoms with E-state index in [2.05, 4.69) is 15.9 Å². The highest BCUT2D eigenvalue weighted by Crippen LogP contribution is 2.37. The van der Waals surface area contributed by atoms with Crippen molar-refractivity contribution in [1.29, 1.82) is 0 Å². The quantitative estimate of drug-likeness (QED) is 0.393. The third kappa shape index (κ3) is 4.11. The normalized spacial score (nSPS) is 16.2. The molecule has 5 rings (SSSR count). The summed E-state index contributed by atoms with van der Waals surface area (Å²) in [5, 5.41) is -0.310. The van der Waals surface area contributed by atoms with Crippen molar-refractivity contribution < 1.29 is 23.8 Å². The lowest BCUT2D eigenvalue weighted by atomic mass is 10.2. The first-order chi connectivity index (χ1) is 15.6. The molecule has 0 saturated carbocycles. The van der Waals surface area contributed by atoms with E-state index in [1.165, 1.54) is 4.90 Å². The number of thioether (sulfide) groups is 1. The second kappa shape index (κ2) is 8.72. The van der Waals surface area contributed by atoms with Crippen LogP contribution in [-0.4, -0.2) is 17.9 Å². The molecule has 0 N–H and O–H groups in total. The van der Waals surface area contributed by atoms with Crippen LogP contribution in [0.2, 0.25) is 0 Å². The van der Waals surface area contributed by atoms with Gasteiger partial charge in [0.15, 0.2) is 11.5 Å². The Hall–Kier alpha value is -3.23. The predicted molar refractivity (Wildman–Crippen MR) is 126 cm³/mol. The molecule has 1 fully saturated rings. The van der Waals surface area contributed by atoms with Crippen molar-refractivity contribution in [3.05, 3.63) is 87.2 Å². The van der Waals surface area contributed by atoms with Gasteiger partial charge in [-0.25, -0.2) is 4.90 Å². The van der Waals surface area contributed by atoms with Gasteiger partial charge in [-0.1, -0.05) is 30.3 Å². The Kier molecular flexibility index (Phi) is 5.63. The number of hydrogen-bond acceptors (Lipinski definition) is 6. The zero-order valence-corrected chi connectivity index (χ0v) is 19.0. The molecule has 160 valence electrons. The monoisotopic (exact) mass is 509 g/mol. The van der Waals surface area contributed by atoms with Crippen molar-refractivity contribution in [2.24, 2.45) is 0 Å². The fourth-order valence-corrected chi connectivity index (χ4v) is 4.69. The number of rotatable bonds is 5. The van der Waals surface area contributed by atoms with Gasteiger partial charge in [0.1, 0.15) is 12.4 Å². The number of fused-ring (bicyclic) bond motifs is 1. The summed E-state index contributed by atoms with van der Waals surface area (Å²) in [6.45, 7) is 0.599. The Morgan fingerprint density at radius 2 is 1.81 bits per heavy atom. The molecule has 32 heavy (non-hydrogen) atoms. The van der Waals surface area contributed by atoms with E-state index in [1.54, 1.807) is 30.3 Å². The van der Waals surface area contributed by atoms with Gasteiger partial charge in [0.2, 0.25) is 6.79 Å². The zero-order chi connectivity index (χ0) is 22.1. The molecule has 3 aromatic carbocycles. The molecule has 0 aliphatic carbocycles. The van der Waals surface area contributed by atoms with Crippen molar-refractivity contribution >= 4 is 50.6 Å². The topological polar surface area (TPSA) is 65.1 Å². The van der Waals surface area contributed by atoms with Crippen LogP contribution in [0.4, 0.5) is 10.5 Å². The van der Waals surface area contributed by atoms with Crippen LogP contribution in [0.15, 0.2) is 76.1 Å². The van der Waals surface area contributed by atoms with Crippen LogP contribution < -0.4 is 19.1 Å². The van der Waals surface area contributed by atoms with Gasteiger partial charge < -0.3 is 14.2 Å². The highest BCUT2D eigenvalue weighted by molar-refractivity contribution is 9.10. The highest BCUT2D eigenvalue weighted by atomic mass is 79.9. The fraction of sp³-hybridized carbons (Fsp3) is 0.0833. The van der Waals surface area contributed by atoms with Gasteiger partial charge in [0.25, 0.3) is 11.1 Å². The fourth-order valence-electron chi connectivity index (χ4n) is 3.33. The lowest BCUT2D eigenvalue weighted by Crippen LogP contribution is -2.27. The van der Waals surface area contributed by atoms with Crippen LogP contribution in [-0.2, 0) is 11.4 Å². The van der Waals surface area contributed by atoms with Gasteiger partial charge in [0.05, 0.1) is 15.1 Å². The van der Waals surface area contributed by atoms with E-state index >= 15 is 0 Å². The molecule has 2 aliphatic heterocycles. The predicted octanol–water partition coefficient (Wildman–Crippen LogP) is 6.00. The van der Waals surface area contributed by atoms with Gasteiger partial charge in [-0.05, 0) is 81.3 Å². The standard InChI is InChI=1S/C24H16BrNO5S/c25-18-10-15(12-22-23(27)26(24(28)32-22)17-4-2-1-3-5-17)6-8-19(18)29-13-16-7-9-20-21(11-16)31-14-30-20/h1-12H,13-14H2/b22-12-. The van der Waals surface area contributed by atoms with E-state index in [1.807, 2.05) is 42.5 Å². The number of nitrogens with zero attached hydrogens (tertiary/aromatic N) is 1. The molecule has 0 aromatic heterocycles. The number of carbonyl (C=O) groups excluding carboxylic acids is 2. The number of benzene rings is 3. The molecule has 0 bridgehead atoms. The highest BCUT2D eigenvalue weighted by Gasteiger charge is 2.36. The third-order valence-corrected chi connectivity index (χ3v) is 6.38. The van der Waals surface area contributed by atoms with Crippen molar-refractivity contribution in [2.75, 3.05) is 11.7 Å². The minimum atomic E-state index is -0.328. The van der Waals surface area contributed by atoms with Gasteiger partial charge in [-0.3, -0.25) is 9.59 Å². The molecule has 2 amide bonds. The first-order valence-corrected chi connectivity index (χ1v) is 11.3. The summed E-state index contributed by atoms with van der Waals surface area (Å²) in [6.07, 6.45) is 1.71. The van der Waals surface area contributed by atoms with E-state index in [9.17, 15) is 9.59 Å². The maximum atomic E-state index is 12.8. The first-order valence-electron chi connectivity index (χ1n) is 9.72. The Bertz CT molecular complexity index is 1240. The summed E-state index contributed by atoms with van der Waals surface area (Å²) in [7, 11) is 0. The third-order valence-electron chi connectivity index (χ3n) is 4.89. The van der Waals surface area contributed by atoms with E-state index < -0.39 is 0 Å². The van der Waals surface area contributed by atoms with Crippen LogP contribution in [0.5, 0.6) is 17.2 Å². The Balaban J connectivity index is 1.29. The molecule has 3 aromatic rings. The number of anilines is 1. The summed E-state index contributed by atoms with van der Waals surface area (Å²) < 4.78 is 17.4. The maximum Gasteiger partial charge on any atom is 0.298 e. The van der Waals surface area contributed by atoms with Gasteiger partial charge in [-0.2, -0.15) is 0 Å². The summed E-state index contributed by atoms with van der Waals surface area (Å²) >= 11 is 4.46. The van der Waals surface area contributed by atoms with Crippen LogP contribution in [0.3, 0.4) is 0 Å². The molecule has 1 saturated heterocycles. The number of halogens is 1. The smallest absolute Gasteiger partial charge is 0.298 e.